The molecular weight excluding hydrogens is 317 g/mol. The summed E-state index contributed by atoms with van der Waals surface area (Å²) in [4.78, 5) is 4.64. The molecule has 4 aromatic rings. The van der Waals surface area contributed by atoms with Gasteiger partial charge in [-0.2, -0.15) is 0 Å². The lowest BCUT2D eigenvalue weighted by Gasteiger charge is -2.05. The molecule has 0 aliphatic carbocycles. The molecule has 0 aliphatic heterocycles. The molecule has 0 saturated carbocycles. The molecule has 0 radical (unpaired) electrons. The summed E-state index contributed by atoms with van der Waals surface area (Å²) >= 11 is 0. The lowest BCUT2D eigenvalue weighted by Crippen LogP contribution is -2.03. The van der Waals surface area contributed by atoms with Gasteiger partial charge in [0.05, 0.1) is 11.0 Å². The Morgan fingerprint density at radius 1 is 0.840 bits per heavy atom. The number of para-hydroxylation sites is 1. The number of hydrogen-bond acceptors (Lipinski definition) is 3. The maximum atomic E-state index is 13.7. The fraction of sp³-hybridized carbons (Fsp3) is 0. The number of aromatic hydroxyl groups is 1. The van der Waals surface area contributed by atoms with E-state index in [-0.39, 0.29) is 11.6 Å². The zero-order valence-electron chi connectivity index (χ0n) is 13.2. The molecule has 122 valence electrons. The van der Waals surface area contributed by atoms with E-state index in [9.17, 15) is 9.50 Å². The SMILES string of the molecule is Oc1ccc(-c2cc(=Nc3ccccc3)c3cc(F)ccc3o2)cc1. The lowest BCUT2D eigenvalue weighted by atomic mass is 10.1. The molecule has 4 rings (SSSR count). The van der Waals surface area contributed by atoms with Crippen LogP contribution in [0.4, 0.5) is 10.1 Å². The fourth-order valence-electron chi connectivity index (χ4n) is 2.64. The van der Waals surface area contributed by atoms with E-state index in [0.29, 0.717) is 22.1 Å². The van der Waals surface area contributed by atoms with Gasteiger partial charge in [-0.3, -0.25) is 0 Å². The molecule has 0 aliphatic rings. The molecular formula is C21H14FNO2. The largest absolute Gasteiger partial charge is 0.508 e. The summed E-state index contributed by atoms with van der Waals surface area (Å²) in [6.45, 7) is 0. The minimum absolute atomic E-state index is 0.181. The molecule has 0 unspecified atom stereocenters. The van der Waals surface area contributed by atoms with Crippen LogP contribution in [0, 0.1) is 5.82 Å². The van der Waals surface area contributed by atoms with Crippen molar-refractivity contribution in [2.45, 2.75) is 0 Å². The van der Waals surface area contributed by atoms with Crippen molar-refractivity contribution in [3.05, 3.63) is 90.0 Å². The van der Waals surface area contributed by atoms with Gasteiger partial charge in [-0.05, 0) is 54.6 Å². The van der Waals surface area contributed by atoms with Gasteiger partial charge in [-0.25, -0.2) is 9.38 Å². The Labute approximate surface area is 143 Å². The van der Waals surface area contributed by atoms with Gasteiger partial charge in [-0.1, -0.05) is 18.2 Å². The van der Waals surface area contributed by atoms with Crippen molar-refractivity contribution in [2.75, 3.05) is 0 Å². The minimum Gasteiger partial charge on any atom is -0.508 e. The zero-order chi connectivity index (χ0) is 17.2. The van der Waals surface area contributed by atoms with Gasteiger partial charge in [-0.15, -0.1) is 0 Å². The van der Waals surface area contributed by atoms with E-state index in [2.05, 4.69) is 4.99 Å². The molecule has 3 aromatic carbocycles. The molecule has 1 aromatic heterocycles. The summed E-state index contributed by atoms with van der Waals surface area (Å²) in [7, 11) is 0. The molecule has 0 saturated heterocycles. The van der Waals surface area contributed by atoms with E-state index in [1.165, 1.54) is 12.1 Å². The Kier molecular flexibility index (Phi) is 3.78. The Morgan fingerprint density at radius 2 is 1.60 bits per heavy atom. The van der Waals surface area contributed by atoms with Crippen molar-refractivity contribution in [3.63, 3.8) is 0 Å². The number of benzene rings is 3. The third-order valence-corrected chi connectivity index (χ3v) is 3.86. The highest BCUT2D eigenvalue weighted by molar-refractivity contribution is 5.78. The predicted molar refractivity (Wildman–Crippen MR) is 94.9 cm³/mol. The van der Waals surface area contributed by atoms with E-state index in [4.69, 9.17) is 4.42 Å². The van der Waals surface area contributed by atoms with Crippen LogP contribution in [0.1, 0.15) is 0 Å². The van der Waals surface area contributed by atoms with Crippen LogP contribution in [0.3, 0.4) is 0 Å². The van der Waals surface area contributed by atoms with Crippen molar-refractivity contribution >= 4 is 16.7 Å². The highest BCUT2D eigenvalue weighted by Crippen LogP contribution is 2.24. The van der Waals surface area contributed by atoms with E-state index in [1.54, 1.807) is 36.4 Å². The molecule has 1 N–H and O–H groups in total. The number of hydrogen-bond donors (Lipinski definition) is 1. The third kappa shape index (κ3) is 3.15. The first kappa shape index (κ1) is 15.1. The Hall–Kier alpha value is -3.40. The number of rotatable bonds is 2. The molecule has 25 heavy (non-hydrogen) atoms. The maximum absolute atomic E-state index is 13.7. The summed E-state index contributed by atoms with van der Waals surface area (Å²) in [6, 6.07) is 22.3. The van der Waals surface area contributed by atoms with Crippen LogP contribution in [0.2, 0.25) is 0 Å². The first-order valence-electron chi connectivity index (χ1n) is 7.82. The van der Waals surface area contributed by atoms with Gasteiger partial charge in [0.15, 0.2) is 0 Å². The van der Waals surface area contributed by atoms with Crippen molar-refractivity contribution in [1.29, 1.82) is 0 Å². The molecule has 0 bridgehead atoms. The summed E-state index contributed by atoms with van der Waals surface area (Å²) < 4.78 is 19.6. The molecule has 0 spiro atoms. The Morgan fingerprint density at radius 3 is 2.36 bits per heavy atom. The summed E-state index contributed by atoms with van der Waals surface area (Å²) in [5.41, 5.74) is 2.12. The van der Waals surface area contributed by atoms with Crippen molar-refractivity contribution in [3.8, 4) is 17.1 Å². The summed E-state index contributed by atoms with van der Waals surface area (Å²) in [5.74, 6) is 0.430. The molecule has 0 atom stereocenters. The number of halogens is 1. The highest BCUT2D eigenvalue weighted by Gasteiger charge is 2.07. The van der Waals surface area contributed by atoms with Crippen molar-refractivity contribution in [2.24, 2.45) is 4.99 Å². The van der Waals surface area contributed by atoms with Crippen LogP contribution in [0.25, 0.3) is 22.3 Å². The van der Waals surface area contributed by atoms with E-state index in [1.807, 2.05) is 30.3 Å². The van der Waals surface area contributed by atoms with E-state index >= 15 is 0 Å². The molecule has 0 fully saturated rings. The first-order valence-corrected chi connectivity index (χ1v) is 7.82. The standard InChI is InChI=1S/C21H14FNO2/c22-15-8-11-20-18(12-15)19(23-16-4-2-1-3-5-16)13-21(25-20)14-6-9-17(24)10-7-14/h1-13,24H. The molecule has 1 heterocycles. The Balaban J connectivity index is 2.00. The second kappa shape index (κ2) is 6.24. The third-order valence-electron chi connectivity index (χ3n) is 3.86. The minimum atomic E-state index is -0.343. The van der Waals surface area contributed by atoms with E-state index in [0.717, 1.165) is 11.3 Å². The summed E-state index contributed by atoms with van der Waals surface area (Å²) in [6.07, 6.45) is 0. The van der Waals surface area contributed by atoms with Crippen LogP contribution in [-0.2, 0) is 0 Å². The van der Waals surface area contributed by atoms with Crippen LogP contribution in [0.15, 0.2) is 88.3 Å². The van der Waals surface area contributed by atoms with Gasteiger partial charge in [0.25, 0.3) is 0 Å². The van der Waals surface area contributed by atoms with Gasteiger partial charge >= 0.3 is 0 Å². The van der Waals surface area contributed by atoms with Gasteiger partial charge in [0.1, 0.15) is 22.9 Å². The predicted octanol–water partition coefficient (Wildman–Crippen LogP) is 5.18. The fourth-order valence-corrected chi connectivity index (χ4v) is 2.64. The topological polar surface area (TPSA) is 45.7 Å². The zero-order valence-corrected chi connectivity index (χ0v) is 13.2. The van der Waals surface area contributed by atoms with Gasteiger partial charge in [0.2, 0.25) is 0 Å². The molecule has 3 nitrogen and oxygen atoms in total. The van der Waals surface area contributed by atoms with E-state index < -0.39 is 0 Å². The van der Waals surface area contributed by atoms with Crippen LogP contribution >= 0.6 is 0 Å². The van der Waals surface area contributed by atoms with Gasteiger partial charge < -0.3 is 9.52 Å². The lowest BCUT2D eigenvalue weighted by molar-refractivity contribution is 0.475. The second-order valence-corrected chi connectivity index (χ2v) is 5.63. The van der Waals surface area contributed by atoms with Crippen molar-refractivity contribution < 1.29 is 13.9 Å². The normalized spacial score (nSPS) is 11.8. The quantitative estimate of drug-likeness (QED) is 0.550. The summed E-state index contributed by atoms with van der Waals surface area (Å²) in [5, 5.41) is 10.7. The van der Waals surface area contributed by atoms with Crippen LogP contribution in [0.5, 0.6) is 5.75 Å². The average molecular weight is 331 g/mol. The van der Waals surface area contributed by atoms with Gasteiger partial charge in [0, 0.05) is 17.0 Å². The number of phenolic OH excluding ortho intramolecular Hbond substituents is 1. The second-order valence-electron chi connectivity index (χ2n) is 5.63. The van der Waals surface area contributed by atoms with Crippen molar-refractivity contribution in [1.82, 2.24) is 0 Å². The number of phenols is 1. The average Bonchev–Trinajstić information content (AvgIpc) is 2.63. The van der Waals surface area contributed by atoms with Crippen LogP contribution in [-0.4, -0.2) is 5.11 Å². The number of nitrogens with zero attached hydrogens (tertiary/aromatic N) is 1. The molecule has 4 heteroatoms. The Bertz CT molecular complexity index is 1100. The molecule has 0 amide bonds. The first-order chi connectivity index (χ1) is 12.2. The monoisotopic (exact) mass is 331 g/mol. The smallest absolute Gasteiger partial charge is 0.137 e. The van der Waals surface area contributed by atoms with Crippen LogP contribution < -0.4 is 5.36 Å². The number of fused-ring (bicyclic) bond motifs is 1. The maximum Gasteiger partial charge on any atom is 0.137 e. The highest BCUT2D eigenvalue weighted by atomic mass is 19.1.